The molecule has 3 N–H and O–H groups in total. The zero-order valence-electron chi connectivity index (χ0n) is 10.3. The summed E-state index contributed by atoms with van der Waals surface area (Å²) in [6, 6.07) is -0.0617. The Hall–Kier alpha value is -0.610. The molecule has 90 valence electrons. The average molecular weight is 215 g/mol. The largest absolute Gasteiger partial charge is 0.355 e. The molecule has 0 aliphatic rings. The number of hydrogen-bond acceptors (Lipinski definition) is 3. The van der Waals surface area contributed by atoms with Gasteiger partial charge in [0.2, 0.25) is 5.91 Å². The number of nitrogens with two attached hydrogens (primary N) is 1. The molecule has 0 aromatic rings. The molecule has 1 amide bonds. The van der Waals surface area contributed by atoms with Crippen LogP contribution in [-0.4, -0.2) is 43.5 Å². The van der Waals surface area contributed by atoms with Gasteiger partial charge in [0, 0.05) is 6.54 Å². The van der Waals surface area contributed by atoms with Crippen molar-refractivity contribution >= 4 is 5.91 Å². The Bertz CT molecular complexity index is 173. The second-order valence-corrected chi connectivity index (χ2v) is 3.94. The van der Waals surface area contributed by atoms with Crippen molar-refractivity contribution in [2.24, 2.45) is 5.73 Å². The van der Waals surface area contributed by atoms with E-state index in [1.807, 2.05) is 18.9 Å². The van der Waals surface area contributed by atoms with Crippen LogP contribution in [0.3, 0.4) is 0 Å². The van der Waals surface area contributed by atoms with E-state index in [1.54, 1.807) is 0 Å². The lowest BCUT2D eigenvalue weighted by Crippen LogP contribution is -2.44. The van der Waals surface area contributed by atoms with Crippen LogP contribution in [-0.2, 0) is 4.79 Å². The highest BCUT2D eigenvalue weighted by atomic mass is 16.2. The fraction of sp³-hybridized carbons (Fsp3) is 0.909. The van der Waals surface area contributed by atoms with Gasteiger partial charge in [0.25, 0.3) is 0 Å². The fourth-order valence-electron chi connectivity index (χ4n) is 1.27. The van der Waals surface area contributed by atoms with Gasteiger partial charge in [0.1, 0.15) is 0 Å². The first kappa shape index (κ1) is 14.4. The number of hydrogen-bond donors (Lipinski definition) is 2. The van der Waals surface area contributed by atoms with Crippen LogP contribution in [0, 0.1) is 0 Å². The van der Waals surface area contributed by atoms with E-state index in [2.05, 4.69) is 12.2 Å². The molecular weight excluding hydrogens is 190 g/mol. The summed E-state index contributed by atoms with van der Waals surface area (Å²) in [6.07, 6.45) is 3.09. The van der Waals surface area contributed by atoms with E-state index in [-0.39, 0.29) is 11.9 Å². The van der Waals surface area contributed by atoms with E-state index < -0.39 is 0 Å². The third-order valence-electron chi connectivity index (χ3n) is 2.59. The summed E-state index contributed by atoms with van der Waals surface area (Å²) in [4.78, 5) is 13.7. The highest BCUT2D eigenvalue weighted by Gasteiger charge is 2.16. The smallest absolute Gasteiger partial charge is 0.237 e. The number of likely N-dealkylation sites (N-methyl/N-ethyl adjacent to an activating group) is 1. The van der Waals surface area contributed by atoms with Crippen LogP contribution in [0.5, 0.6) is 0 Å². The molecule has 0 saturated heterocycles. The molecule has 0 aliphatic heterocycles. The van der Waals surface area contributed by atoms with Crippen molar-refractivity contribution in [2.45, 2.75) is 39.2 Å². The van der Waals surface area contributed by atoms with E-state index in [0.29, 0.717) is 6.54 Å². The van der Waals surface area contributed by atoms with E-state index >= 15 is 0 Å². The molecule has 0 spiro atoms. The highest BCUT2D eigenvalue weighted by molar-refractivity contribution is 5.81. The SMILES string of the molecule is CCCCNC(=O)C(C)N(C)CCCN. The molecule has 4 nitrogen and oxygen atoms in total. The van der Waals surface area contributed by atoms with Crippen molar-refractivity contribution in [1.82, 2.24) is 10.2 Å². The summed E-state index contributed by atoms with van der Waals surface area (Å²) in [5.74, 6) is 0.114. The summed E-state index contributed by atoms with van der Waals surface area (Å²) in [6.45, 7) is 6.37. The van der Waals surface area contributed by atoms with Crippen molar-refractivity contribution < 1.29 is 4.79 Å². The van der Waals surface area contributed by atoms with E-state index in [0.717, 1.165) is 32.4 Å². The molecule has 0 aliphatic carbocycles. The maximum absolute atomic E-state index is 11.6. The third kappa shape index (κ3) is 6.47. The first-order valence-corrected chi connectivity index (χ1v) is 5.81. The van der Waals surface area contributed by atoms with E-state index in [9.17, 15) is 4.79 Å². The van der Waals surface area contributed by atoms with Crippen molar-refractivity contribution in [3.8, 4) is 0 Å². The maximum atomic E-state index is 11.6. The van der Waals surface area contributed by atoms with Crippen LogP contribution in [0.25, 0.3) is 0 Å². The van der Waals surface area contributed by atoms with Gasteiger partial charge in [-0.2, -0.15) is 0 Å². The molecule has 0 radical (unpaired) electrons. The Morgan fingerprint density at radius 2 is 2.13 bits per heavy atom. The molecule has 0 aromatic carbocycles. The summed E-state index contributed by atoms with van der Waals surface area (Å²) < 4.78 is 0. The molecule has 0 aromatic heterocycles. The summed E-state index contributed by atoms with van der Waals surface area (Å²) >= 11 is 0. The number of rotatable bonds is 8. The normalized spacial score (nSPS) is 12.9. The average Bonchev–Trinajstić information content (AvgIpc) is 2.24. The minimum absolute atomic E-state index is 0.0617. The van der Waals surface area contributed by atoms with Crippen molar-refractivity contribution in [3.63, 3.8) is 0 Å². The van der Waals surface area contributed by atoms with Gasteiger partial charge in [0.15, 0.2) is 0 Å². The van der Waals surface area contributed by atoms with Crippen molar-refractivity contribution in [3.05, 3.63) is 0 Å². The molecule has 1 atom stereocenters. The minimum atomic E-state index is -0.0617. The number of unbranched alkanes of at least 4 members (excludes halogenated alkanes) is 1. The van der Waals surface area contributed by atoms with Crippen LogP contribution >= 0.6 is 0 Å². The standard InChI is InChI=1S/C11H25N3O/c1-4-5-8-13-11(15)10(2)14(3)9-6-7-12/h10H,4-9,12H2,1-3H3,(H,13,15). The van der Waals surface area contributed by atoms with Gasteiger partial charge < -0.3 is 11.1 Å². The van der Waals surface area contributed by atoms with Crippen LogP contribution in [0.1, 0.15) is 33.1 Å². The number of carbonyl (C=O) groups excluding carboxylic acids is 1. The lowest BCUT2D eigenvalue weighted by Gasteiger charge is -2.23. The Balaban J connectivity index is 3.75. The Labute approximate surface area is 93.2 Å². The molecular formula is C11H25N3O. The van der Waals surface area contributed by atoms with Gasteiger partial charge in [-0.05, 0) is 39.9 Å². The number of carbonyl (C=O) groups is 1. The fourth-order valence-corrected chi connectivity index (χ4v) is 1.27. The van der Waals surface area contributed by atoms with Gasteiger partial charge in [-0.1, -0.05) is 13.3 Å². The predicted molar refractivity (Wildman–Crippen MR) is 63.7 cm³/mol. The third-order valence-corrected chi connectivity index (χ3v) is 2.59. The maximum Gasteiger partial charge on any atom is 0.237 e. The number of amides is 1. The zero-order chi connectivity index (χ0) is 11.7. The predicted octanol–water partition coefficient (Wildman–Crippen LogP) is 0.572. The summed E-state index contributed by atoms with van der Waals surface area (Å²) in [7, 11) is 1.96. The minimum Gasteiger partial charge on any atom is -0.355 e. The van der Waals surface area contributed by atoms with Crippen LogP contribution in [0.15, 0.2) is 0 Å². The molecule has 0 bridgehead atoms. The van der Waals surface area contributed by atoms with Crippen LogP contribution in [0.2, 0.25) is 0 Å². The quantitative estimate of drug-likeness (QED) is 0.582. The first-order chi connectivity index (χ1) is 7.13. The summed E-state index contributed by atoms with van der Waals surface area (Å²) in [5, 5.41) is 2.93. The lowest BCUT2D eigenvalue weighted by molar-refractivity contribution is -0.125. The molecule has 0 saturated carbocycles. The van der Waals surface area contributed by atoms with Gasteiger partial charge in [-0.3, -0.25) is 9.69 Å². The Morgan fingerprint density at radius 1 is 1.47 bits per heavy atom. The molecule has 4 heteroatoms. The Morgan fingerprint density at radius 3 is 2.67 bits per heavy atom. The van der Waals surface area contributed by atoms with Crippen LogP contribution < -0.4 is 11.1 Å². The number of nitrogens with zero attached hydrogens (tertiary/aromatic N) is 1. The molecule has 1 unspecified atom stereocenters. The summed E-state index contributed by atoms with van der Waals surface area (Å²) in [5.41, 5.74) is 5.42. The second-order valence-electron chi connectivity index (χ2n) is 3.94. The van der Waals surface area contributed by atoms with E-state index in [1.165, 1.54) is 0 Å². The van der Waals surface area contributed by atoms with Gasteiger partial charge in [-0.25, -0.2) is 0 Å². The van der Waals surface area contributed by atoms with Crippen molar-refractivity contribution in [2.75, 3.05) is 26.7 Å². The van der Waals surface area contributed by atoms with Gasteiger partial charge in [-0.15, -0.1) is 0 Å². The molecule has 0 rings (SSSR count). The molecule has 0 fully saturated rings. The van der Waals surface area contributed by atoms with Gasteiger partial charge in [0.05, 0.1) is 6.04 Å². The number of nitrogens with one attached hydrogen (secondary N) is 1. The second kappa shape index (κ2) is 8.68. The molecule has 15 heavy (non-hydrogen) atoms. The molecule has 0 heterocycles. The lowest BCUT2D eigenvalue weighted by atomic mass is 10.2. The monoisotopic (exact) mass is 215 g/mol. The van der Waals surface area contributed by atoms with E-state index in [4.69, 9.17) is 5.73 Å². The first-order valence-electron chi connectivity index (χ1n) is 5.81. The highest BCUT2D eigenvalue weighted by Crippen LogP contribution is 1.97. The van der Waals surface area contributed by atoms with Crippen LogP contribution in [0.4, 0.5) is 0 Å². The zero-order valence-corrected chi connectivity index (χ0v) is 10.3. The van der Waals surface area contributed by atoms with Gasteiger partial charge >= 0.3 is 0 Å². The Kier molecular flexibility index (Phi) is 8.33. The van der Waals surface area contributed by atoms with Crippen molar-refractivity contribution in [1.29, 1.82) is 0 Å². The topological polar surface area (TPSA) is 58.4 Å².